The molecule has 4 rings (SSSR count). The van der Waals surface area contributed by atoms with Crippen LogP contribution in [0.5, 0.6) is 5.75 Å². The molecule has 14 heteroatoms. The summed E-state index contributed by atoms with van der Waals surface area (Å²) in [5, 5.41) is 8.64. The van der Waals surface area contributed by atoms with Gasteiger partial charge in [-0.05, 0) is 69.5 Å². The molecular formula is C30H32F4N6O4. The van der Waals surface area contributed by atoms with E-state index in [9.17, 15) is 27.2 Å². The number of amides is 2. The molecule has 0 spiro atoms. The van der Waals surface area contributed by atoms with Crippen molar-refractivity contribution >= 4 is 29.2 Å². The number of ether oxygens (including phenoxy) is 2. The second kappa shape index (κ2) is 13.6. The number of benzene rings is 2. The van der Waals surface area contributed by atoms with Crippen LogP contribution in [0.15, 0.2) is 48.9 Å². The van der Waals surface area contributed by atoms with Crippen LogP contribution in [-0.4, -0.2) is 51.7 Å². The van der Waals surface area contributed by atoms with Gasteiger partial charge in [0, 0.05) is 42.3 Å². The van der Waals surface area contributed by atoms with Crippen molar-refractivity contribution in [1.29, 1.82) is 0 Å². The molecule has 3 N–H and O–H groups in total. The minimum absolute atomic E-state index is 0.160. The number of halogens is 4. The quantitative estimate of drug-likeness (QED) is 0.135. The van der Waals surface area contributed by atoms with Crippen LogP contribution in [-0.2, 0) is 11.2 Å². The van der Waals surface area contributed by atoms with E-state index in [2.05, 4.69) is 30.7 Å². The van der Waals surface area contributed by atoms with Crippen LogP contribution in [0, 0.1) is 11.6 Å². The zero-order valence-electron chi connectivity index (χ0n) is 24.5. The molecule has 2 aromatic heterocycles. The summed E-state index contributed by atoms with van der Waals surface area (Å²) in [5.74, 6) is -3.77. The standard InChI is InChI=1S/C30H32F4N6O4/c1-5-17-15-18(7-8-19(17)27(41)36-11-6-12-37-29(42)44-30(2,3)4)39-25-26-38-16-21(40(26)14-13-35-25)20-9-10-22(43-28(33)34)24(32)23(20)31/h7-10,13-16,28H,5-6,11-12H2,1-4H3,(H,35,39)(H,36,41)(H,37,42). The number of carbonyl (C=O) groups is 2. The van der Waals surface area contributed by atoms with E-state index in [4.69, 9.17) is 4.74 Å². The summed E-state index contributed by atoms with van der Waals surface area (Å²) >= 11 is 0. The van der Waals surface area contributed by atoms with Crippen molar-refractivity contribution in [2.24, 2.45) is 0 Å². The number of nitrogens with one attached hydrogen (secondary N) is 3. The second-order valence-electron chi connectivity index (χ2n) is 10.6. The number of hydrogen-bond acceptors (Lipinski definition) is 7. The third-order valence-electron chi connectivity index (χ3n) is 6.27. The van der Waals surface area contributed by atoms with Gasteiger partial charge in [-0.15, -0.1) is 0 Å². The van der Waals surface area contributed by atoms with Crippen LogP contribution >= 0.6 is 0 Å². The first-order chi connectivity index (χ1) is 20.9. The van der Waals surface area contributed by atoms with Gasteiger partial charge in [0.2, 0.25) is 5.82 Å². The summed E-state index contributed by atoms with van der Waals surface area (Å²) in [4.78, 5) is 33.2. The fraction of sp³-hybridized carbons (Fsp3) is 0.333. The predicted molar refractivity (Wildman–Crippen MR) is 155 cm³/mol. The van der Waals surface area contributed by atoms with Crippen LogP contribution in [0.1, 0.15) is 50.0 Å². The third-order valence-corrected chi connectivity index (χ3v) is 6.27. The summed E-state index contributed by atoms with van der Waals surface area (Å²) in [6, 6.07) is 7.22. The number of aryl methyl sites for hydroxylation is 1. The lowest BCUT2D eigenvalue weighted by molar-refractivity contribution is -0.0525. The Morgan fingerprint density at radius 2 is 1.77 bits per heavy atom. The highest BCUT2D eigenvalue weighted by molar-refractivity contribution is 5.96. The fourth-order valence-electron chi connectivity index (χ4n) is 4.34. The summed E-state index contributed by atoms with van der Waals surface area (Å²) in [7, 11) is 0. The Bertz CT molecular complexity index is 1650. The maximum Gasteiger partial charge on any atom is 0.407 e. The van der Waals surface area contributed by atoms with Crippen molar-refractivity contribution < 1.29 is 36.6 Å². The highest BCUT2D eigenvalue weighted by Crippen LogP contribution is 2.32. The van der Waals surface area contributed by atoms with Crippen molar-refractivity contribution in [3.63, 3.8) is 0 Å². The van der Waals surface area contributed by atoms with Crippen LogP contribution < -0.4 is 20.7 Å². The molecule has 0 aliphatic carbocycles. The van der Waals surface area contributed by atoms with Crippen LogP contribution in [0.2, 0.25) is 0 Å². The smallest absolute Gasteiger partial charge is 0.407 e. The van der Waals surface area contributed by atoms with Gasteiger partial charge in [0.05, 0.1) is 11.9 Å². The van der Waals surface area contributed by atoms with E-state index in [-0.39, 0.29) is 22.8 Å². The van der Waals surface area contributed by atoms with Gasteiger partial charge < -0.3 is 25.4 Å². The van der Waals surface area contributed by atoms with Crippen molar-refractivity contribution in [3.05, 3.63) is 71.7 Å². The zero-order chi connectivity index (χ0) is 32.0. The van der Waals surface area contributed by atoms with E-state index < -0.39 is 35.7 Å². The zero-order valence-corrected chi connectivity index (χ0v) is 24.5. The minimum atomic E-state index is -3.30. The molecule has 44 heavy (non-hydrogen) atoms. The Balaban J connectivity index is 1.45. The number of carbonyl (C=O) groups excluding carboxylic acids is 2. The highest BCUT2D eigenvalue weighted by Gasteiger charge is 2.21. The van der Waals surface area contributed by atoms with Gasteiger partial charge in [-0.25, -0.2) is 19.2 Å². The number of hydrogen-bond donors (Lipinski definition) is 3. The van der Waals surface area contributed by atoms with Gasteiger partial charge >= 0.3 is 12.7 Å². The molecule has 234 valence electrons. The molecule has 0 fully saturated rings. The predicted octanol–water partition coefficient (Wildman–Crippen LogP) is 6.23. The number of fused-ring (bicyclic) bond motifs is 1. The van der Waals surface area contributed by atoms with Gasteiger partial charge in [-0.3, -0.25) is 9.20 Å². The number of alkyl carbamates (subject to hydrolysis) is 1. The molecule has 2 aromatic carbocycles. The van der Waals surface area contributed by atoms with Gasteiger partial charge in [-0.1, -0.05) is 6.92 Å². The van der Waals surface area contributed by atoms with Crippen molar-refractivity contribution in [2.45, 2.75) is 52.7 Å². The number of nitrogens with zero attached hydrogens (tertiary/aromatic N) is 3. The summed E-state index contributed by atoms with van der Waals surface area (Å²) < 4.78 is 64.9. The molecule has 0 aliphatic rings. The lowest BCUT2D eigenvalue weighted by Gasteiger charge is -2.19. The van der Waals surface area contributed by atoms with Crippen LogP contribution in [0.4, 0.5) is 33.9 Å². The molecule has 0 aliphatic heterocycles. The molecule has 2 amide bonds. The average Bonchev–Trinajstić information content (AvgIpc) is 3.39. The molecule has 0 saturated carbocycles. The first-order valence-electron chi connectivity index (χ1n) is 13.8. The van der Waals surface area contributed by atoms with Crippen molar-refractivity contribution in [3.8, 4) is 17.0 Å². The van der Waals surface area contributed by atoms with Gasteiger partial charge in [0.1, 0.15) is 5.60 Å². The molecule has 0 atom stereocenters. The van der Waals surface area contributed by atoms with Gasteiger partial charge in [0.25, 0.3) is 5.91 Å². The summed E-state index contributed by atoms with van der Waals surface area (Å²) in [6.07, 6.45) is 4.79. The van der Waals surface area contributed by atoms with E-state index in [1.54, 1.807) is 39.0 Å². The third kappa shape index (κ3) is 7.74. The molecule has 0 unspecified atom stereocenters. The maximum atomic E-state index is 14.8. The van der Waals surface area contributed by atoms with Crippen molar-refractivity contribution in [1.82, 2.24) is 25.0 Å². The summed E-state index contributed by atoms with van der Waals surface area (Å²) in [5.41, 5.74) is 1.50. The minimum Gasteiger partial charge on any atom is -0.444 e. The van der Waals surface area contributed by atoms with E-state index in [0.29, 0.717) is 43.0 Å². The molecule has 2 heterocycles. The molecule has 0 bridgehead atoms. The largest absolute Gasteiger partial charge is 0.444 e. The van der Waals surface area contributed by atoms with E-state index in [1.165, 1.54) is 23.0 Å². The van der Waals surface area contributed by atoms with Crippen LogP contribution in [0.25, 0.3) is 16.9 Å². The number of anilines is 2. The SMILES string of the molecule is CCc1cc(Nc2nccn3c(-c4ccc(OC(F)F)c(F)c4F)cnc23)ccc1C(=O)NCCCNC(=O)OC(C)(C)C. The van der Waals surface area contributed by atoms with E-state index >= 15 is 0 Å². The van der Waals surface area contributed by atoms with E-state index in [1.807, 2.05) is 6.92 Å². The van der Waals surface area contributed by atoms with Gasteiger partial charge in [-0.2, -0.15) is 13.2 Å². The van der Waals surface area contributed by atoms with E-state index in [0.717, 1.165) is 17.7 Å². The second-order valence-corrected chi connectivity index (χ2v) is 10.6. The lowest BCUT2D eigenvalue weighted by Crippen LogP contribution is -2.34. The Kier molecular flexibility index (Phi) is 9.91. The molecule has 0 saturated heterocycles. The number of aromatic nitrogens is 3. The maximum absolute atomic E-state index is 14.8. The number of rotatable bonds is 11. The van der Waals surface area contributed by atoms with Crippen molar-refractivity contribution in [2.75, 3.05) is 18.4 Å². The molecular weight excluding hydrogens is 584 g/mol. The Hall–Kier alpha value is -4.88. The summed E-state index contributed by atoms with van der Waals surface area (Å²) in [6.45, 7) is 4.61. The number of imidazole rings is 1. The molecule has 10 nitrogen and oxygen atoms in total. The topological polar surface area (TPSA) is 119 Å². The highest BCUT2D eigenvalue weighted by atomic mass is 19.3. The first kappa shape index (κ1) is 32.0. The monoisotopic (exact) mass is 616 g/mol. The fourth-order valence-corrected chi connectivity index (χ4v) is 4.34. The Labute approximate surface area is 250 Å². The normalized spacial score (nSPS) is 11.5. The molecule has 0 radical (unpaired) electrons. The Morgan fingerprint density at radius 3 is 2.48 bits per heavy atom. The average molecular weight is 617 g/mol. The Morgan fingerprint density at radius 1 is 1.02 bits per heavy atom. The van der Waals surface area contributed by atoms with Crippen LogP contribution in [0.3, 0.4) is 0 Å². The number of alkyl halides is 2. The lowest BCUT2D eigenvalue weighted by atomic mass is 10.0. The molecule has 4 aromatic rings. The van der Waals surface area contributed by atoms with Gasteiger partial charge in [0.15, 0.2) is 23.0 Å². The first-order valence-corrected chi connectivity index (χ1v) is 13.8.